The fourth-order valence-electron chi connectivity index (χ4n) is 8.46. The van der Waals surface area contributed by atoms with Crippen molar-refractivity contribution in [2.75, 3.05) is 40.9 Å². The van der Waals surface area contributed by atoms with Gasteiger partial charge in [-0.1, -0.05) is 271 Å². The van der Waals surface area contributed by atoms with Gasteiger partial charge in [-0.05, 0) is 83.5 Å². The molecule has 3 unspecified atom stereocenters. The zero-order valence-electron chi connectivity index (χ0n) is 49.2. The molecule has 0 bridgehead atoms. The fraction of sp³-hybridized carbons (Fsp3) is 0.712. The molecule has 9 heteroatoms. The first-order valence-electron chi connectivity index (χ1n) is 30.7. The highest BCUT2D eigenvalue weighted by Gasteiger charge is 2.23. The lowest BCUT2D eigenvalue weighted by atomic mass is 10.0. The first-order chi connectivity index (χ1) is 36.5. The van der Waals surface area contributed by atoms with Crippen LogP contribution in [0.25, 0.3) is 0 Å². The number of phosphoric acid groups is 1. The van der Waals surface area contributed by atoms with E-state index in [-0.39, 0.29) is 18.9 Å². The van der Waals surface area contributed by atoms with Crippen LogP contribution in [0.5, 0.6) is 0 Å². The normalized spacial score (nSPS) is 14.6. The number of carbonyl (C=O) groups excluding carboxylic acids is 1. The Hall–Kier alpha value is -2.84. The Kier molecular flexibility index (Phi) is 53.8. The summed E-state index contributed by atoms with van der Waals surface area (Å²) in [7, 11) is 1.22. The minimum absolute atomic E-state index is 0.0155. The standard InChI is InChI=1S/C66H117N2O6P/c1-6-8-10-12-14-16-18-20-22-24-26-28-30-32-34-36-38-40-42-44-46-48-50-52-54-56-58-60-66(70)67-64(63-74-75(71,72)73-62-61-68(3,4)5)65(69)59-57-55-53-51-49-47-45-43-41-39-37-35-33-31-29-27-25-23-21-19-17-15-13-11-9-7-2/h8,10,14,16,20,22,26,28,32,34,38,40,44,46,50,52,57,59,64-65,69H,6-7,9,11-13,15,17-19,21,23-25,27,29-31,33,35-37,39,41-43,45,47-49,51,53-56,58,60-63H2,1-5H3,(H-,67,70,71,72)/b10-8-,16-14-,22-20-,28-26-,34-32-,40-38-,46-44-,52-50-,59-57+. The molecule has 8 nitrogen and oxygen atoms in total. The molecule has 0 aromatic carbocycles. The lowest BCUT2D eigenvalue weighted by Gasteiger charge is -2.29. The summed E-state index contributed by atoms with van der Waals surface area (Å²) in [5, 5.41) is 13.9. The molecule has 3 atom stereocenters. The number of quaternary nitrogens is 1. The minimum atomic E-state index is -4.62. The molecule has 432 valence electrons. The van der Waals surface area contributed by atoms with Crippen LogP contribution in [0, 0.1) is 0 Å². The molecule has 0 aliphatic rings. The number of likely N-dealkylation sites (N-methyl/N-ethyl adjacent to an activating group) is 1. The van der Waals surface area contributed by atoms with Gasteiger partial charge in [0.1, 0.15) is 13.2 Å². The number of aliphatic hydroxyl groups is 1. The van der Waals surface area contributed by atoms with Crippen molar-refractivity contribution in [3.8, 4) is 0 Å². The van der Waals surface area contributed by atoms with Gasteiger partial charge in [0.25, 0.3) is 7.82 Å². The first-order valence-corrected chi connectivity index (χ1v) is 32.2. The van der Waals surface area contributed by atoms with Crippen molar-refractivity contribution in [3.05, 3.63) is 109 Å². The van der Waals surface area contributed by atoms with Gasteiger partial charge >= 0.3 is 0 Å². The molecule has 0 rings (SSSR count). The Balaban J connectivity index is 4.30. The summed E-state index contributed by atoms with van der Waals surface area (Å²) in [6.07, 6.45) is 81.8. The smallest absolute Gasteiger partial charge is 0.268 e. The Morgan fingerprint density at radius 1 is 0.480 bits per heavy atom. The third-order valence-corrected chi connectivity index (χ3v) is 14.2. The zero-order valence-corrected chi connectivity index (χ0v) is 50.1. The summed E-state index contributed by atoms with van der Waals surface area (Å²) >= 11 is 0. The Morgan fingerprint density at radius 2 is 0.813 bits per heavy atom. The molecule has 0 aromatic rings. The van der Waals surface area contributed by atoms with Crippen molar-refractivity contribution in [2.24, 2.45) is 0 Å². The van der Waals surface area contributed by atoms with Crippen LogP contribution in [0.15, 0.2) is 109 Å². The van der Waals surface area contributed by atoms with Crippen LogP contribution in [0.2, 0.25) is 0 Å². The minimum Gasteiger partial charge on any atom is -0.756 e. The fourth-order valence-corrected chi connectivity index (χ4v) is 9.19. The van der Waals surface area contributed by atoms with Crippen molar-refractivity contribution in [1.29, 1.82) is 0 Å². The second kappa shape index (κ2) is 55.9. The van der Waals surface area contributed by atoms with Gasteiger partial charge in [-0.2, -0.15) is 0 Å². The number of unbranched alkanes of at least 4 members (excludes halogenated alkanes) is 26. The van der Waals surface area contributed by atoms with Crippen LogP contribution >= 0.6 is 7.82 Å². The SMILES string of the molecule is CC/C=C\C/C=C\C/C=C\C/C=C\C/C=C\C/C=C\C/C=C\C/C=C\CCCCC(=O)NC(COP(=O)([O-])OCC[N+](C)(C)C)C(O)/C=C/CCCCCCCCCCCCCCCCCCCCCCCCCC. The van der Waals surface area contributed by atoms with Gasteiger partial charge in [0.05, 0.1) is 39.9 Å². The third kappa shape index (κ3) is 58.7. The molecule has 75 heavy (non-hydrogen) atoms. The number of hydrogen-bond acceptors (Lipinski definition) is 6. The van der Waals surface area contributed by atoms with Gasteiger partial charge in [0.15, 0.2) is 0 Å². The molecular weight excluding hydrogens is 948 g/mol. The quantitative estimate of drug-likeness (QED) is 0.0272. The van der Waals surface area contributed by atoms with Crippen LogP contribution in [-0.2, 0) is 18.4 Å². The topological polar surface area (TPSA) is 108 Å². The highest BCUT2D eigenvalue weighted by molar-refractivity contribution is 7.45. The first kappa shape index (κ1) is 72.2. The average Bonchev–Trinajstić information content (AvgIpc) is 3.37. The number of rotatable bonds is 55. The third-order valence-electron chi connectivity index (χ3n) is 13.2. The lowest BCUT2D eigenvalue weighted by molar-refractivity contribution is -0.870. The van der Waals surface area contributed by atoms with Gasteiger partial charge in [-0.15, -0.1) is 0 Å². The van der Waals surface area contributed by atoms with Crippen LogP contribution in [0.3, 0.4) is 0 Å². The molecule has 0 heterocycles. The largest absolute Gasteiger partial charge is 0.756 e. The maximum Gasteiger partial charge on any atom is 0.268 e. The van der Waals surface area contributed by atoms with Gasteiger partial charge in [0.2, 0.25) is 5.91 Å². The number of aliphatic hydroxyl groups excluding tert-OH is 1. The van der Waals surface area contributed by atoms with Crippen molar-refractivity contribution in [3.63, 3.8) is 0 Å². The predicted molar refractivity (Wildman–Crippen MR) is 325 cm³/mol. The van der Waals surface area contributed by atoms with E-state index in [0.717, 1.165) is 83.5 Å². The average molecular weight is 1070 g/mol. The van der Waals surface area contributed by atoms with Gasteiger partial charge < -0.3 is 28.8 Å². The molecular formula is C66H117N2O6P. The number of nitrogens with one attached hydrogen (secondary N) is 1. The molecule has 0 spiro atoms. The van der Waals surface area contributed by atoms with Crippen molar-refractivity contribution in [1.82, 2.24) is 5.32 Å². The summed E-state index contributed by atoms with van der Waals surface area (Å²) in [4.78, 5) is 25.5. The predicted octanol–water partition coefficient (Wildman–Crippen LogP) is 18.5. The van der Waals surface area contributed by atoms with E-state index in [0.29, 0.717) is 17.4 Å². The number of nitrogens with zero attached hydrogens (tertiary/aromatic N) is 1. The van der Waals surface area contributed by atoms with Crippen molar-refractivity contribution >= 4 is 13.7 Å². The van der Waals surface area contributed by atoms with Gasteiger partial charge in [-0.25, -0.2) is 0 Å². The molecule has 0 saturated carbocycles. The van der Waals surface area contributed by atoms with E-state index in [1.54, 1.807) is 6.08 Å². The van der Waals surface area contributed by atoms with Crippen LogP contribution in [0.1, 0.15) is 251 Å². The van der Waals surface area contributed by atoms with E-state index in [2.05, 4.69) is 116 Å². The molecule has 0 aliphatic heterocycles. The molecule has 0 fully saturated rings. The molecule has 0 aliphatic carbocycles. The summed E-state index contributed by atoms with van der Waals surface area (Å²) in [5.74, 6) is -0.242. The number of carbonyl (C=O) groups is 1. The number of phosphoric ester groups is 1. The Labute approximate surface area is 463 Å². The zero-order chi connectivity index (χ0) is 54.9. The van der Waals surface area contributed by atoms with Crippen LogP contribution in [-0.4, -0.2) is 68.5 Å². The number of allylic oxidation sites excluding steroid dienone is 17. The van der Waals surface area contributed by atoms with Crippen LogP contribution in [0.4, 0.5) is 0 Å². The van der Waals surface area contributed by atoms with Gasteiger partial charge in [0, 0.05) is 6.42 Å². The summed E-state index contributed by atoms with van der Waals surface area (Å²) in [5.41, 5.74) is 0. The van der Waals surface area contributed by atoms with E-state index >= 15 is 0 Å². The summed E-state index contributed by atoms with van der Waals surface area (Å²) < 4.78 is 23.4. The highest BCUT2D eigenvalue weighted by Crippen LogP contribution is 2.38. The Bertz CT molecular complexity index is 1590. The highest BCUT2D eigenvalue weighted by atomic mass is 31.2. The summed E-state index contributed by atoms with van der Waals surface area (Å²) in [6, 6.07) is -0.920. The molecule has 0 radical (unpaired) electrons. The van der Waals surface area contributed by atoms with Crippen LogP contribution < -0.4 is 10.2 Å². The second-order valence-electron chi connectivity index (χ2n) is 21.7. The van der Waals surface area contributed by atoms with E-state index in [1.165, 1.54) is 141 Å². The lowest BCUT2D eigenvalue weighted by Crippen LogP contribution is -2.45. The maximum absolute atomic E-state index is 13.0. The Morgan fingerprint density at radius 3 is 1.19 bits per heavy atom. The number of hydrogen-bond donors (Lipinski definition) is 2. The van der Waals surface area contributed by atoms with Crippen molar-refractivity contribution in [2.45, 2.75) is 264 Å². The van der Waals surface area contributed by atoms with Gasteiger partial charge in [-0.3, -0.25) is 9.36 Å². The molecule has 0 saturated heterocycles. The monoisotopic (exact) mass is 1060 g/mol. The summed E-state index contributed by atoms with van der Waals surface area (Å²) in [6.45, 7) is 4.51. The van der Waals surface area contributed by atoms with E-state index in [1.807, 2.05) is 27.2 Å². The molecule has 1 amide bonds. The van der Waals surface area contributed by atoms with E-state index in [9.17, 15) is 19.4 Å². The number of amides is 1. The molecule has 2 N–H and O–H groups in total. The van der Waals surface area contributed by atoms with E-state index in [4.69, 9.17) is 9.05 Å². The second-order valence-corrected chi connectivity index (χ2v) is 23.1. The van der Waals surface area contributed by atoms with E-state index < -0.39 is 26.6 Å². The van der Waals surface area contributed by atoms with Crippen molar-refractivity contribution < 1.29 is 32.9 Å². The maximum atomic E-state index is 13.0. The molecule has 0 aromatic heterocycles.